The monoisotopic (exact) mass is 426 g/mol. The molecule has 0 aromatic heterocycles. The Bertz CT molecular complexity index is 968. The lowest BCUT2D eigenvalue weighted by Crippen LogP contribution is -2.06. The summed E-state index contributed by atoms with van der Waals surface area (Å²) < 4.78 is 10.9. The van der Waals surface area contributed by atoms with Crippen LogP contribution >= 0.6 is 23.4 Å². The van der Waals surface area contributed by atoms with Crippen molar-refractivity contribution in [3.8, 4) is 11.5 Å². The highest BCUT2D eigenvalue weighted by Crippen LogP contribution is 2.44. The zero-order valence-corrected chi connectivity index (χ0v) is 18.2. The molecular weight excluding hydrogens is 404 g/mol. The zero-order chi connectivity index (χ0) is 20.8. The van der Waals surface area contributed by atoms with E-state index in [1.165, 1.54) is 0 Å². The maximum atomic E-state index is 13.0. The summed E-state index contributed by atoms with van der Waals surface area (Å²) in [6.07, 6.45) is 0.357. The standard InChI is InChI=1S/C24H23ClO3S/c1-16-4-6-17(7-5-16)21(26)15-23(18-8-10-19(25)11-9-18)29-24-14-20(27-2)12-13-22(24)28-3/h4-14,23H,15H2,1-3H3. The number of halogens is 1. The van der Waals surface area contributed by atoms with Crippen molar-refractivity contribution in [2.24, 2.45) is 0 Å². The summed E-state index contributed by atoms with van der Waals surface area (Å²) in [5.41, 5.74) is 2.88. The van der Waals surface area contributed by atoms with Crippen LogP contribution < -0.4 is 9.47 Å². The van der Waals surface area contributed by atoms with E-state index < -0.39 is 0 Å². The molecule has 0 spiro atoms. The first kappa shape index (κ1) is 21.3. The number of carbonyl (C=O) groups excluding carboxylic acids is 1. The van der Waals surface area contributed by atoms with Crippen LogP contribution in [0.2, 0.25) is 5.02 Å². The molecule has 5 heteroatoms. The minimum atomic E-state index is -0.0953. The second-order valence-corrected chi connectivity index (χ2v) is 8.35. The number of methoxy groups -OCH3 is 2. The molecule has 0 heterocycles. The molecule has 3 aromatic rings. The Balaban J connectivity index is 1.92. The van der Waals surface area contributed by atoms with Crippen molar-refractivity contribution in [2.45, 2.75) is 23.5 Å². The van der Waals surface area contributed by atoms with Gasteiger partial charge in [0.25, 0.3) is 0 Å². The summed E-state index contributed by atoms with van der Waals surface area (Å²) in [6, 6.07) is 21.0. The topological polar surface area (TPSA) is 35.5 Å². The molecule has 0 fully saturated rings. The number of hydrogen-bond acceptors (Lipinski definition) is 4. The van der Waals surface area contributed by atoms with Gasteiger partial charge in [0.15, 0.2) is 5.78 Å². The van der Waals surface area contributed by atoms with Gasteiger partial charge in [-0.25, -0.2) is 0 Å². The second-order valence-electron chi connectivity index (χ2n) is 6.67. The molecule has 3 aromatic carbocycles. The Morgan fingerprint density at radius 1 is 0.966 bits per heavy atom. The third kappa shape index (κ3) is 5.55. The fraction of sp³-hybridized carbons (Fsp3) is 0.208. The van der Waals surface area contributed by atoms with Crippen molar-refractivity contribution in [3.63, 3.8) is 0 Å². The van der Waals surface area contributed by atoms with E-state index >= 15 is 0 Å². The number of ketones is 1. The van der Waals surface area contributed by atoms with E-state index in [4.69, 9.17) is 21.1 Å². The summed E-state index contributed by atoms with van der Waals surface area (Å²) in [5.74, 6) is 1.59. The van der Waals surface area contributed by atoms with E-state index in [1.54, 1.807) is 26.0 Å². The molecule has 1 unspecified atom stereocenters. The van der Waals surface area contributed by atoms with E-state index in [9.17, 15) is 4.79 Å². The van der Waals surface area contributed by atoms with Crippen molar-refractivity contribution in [2.75, 3.05) is 14.2 Å². The maximum absolute atomic E-state index is 13.0. The summed E-state index contributed by atoms with van der Waals surface area (Å²) in [6.45, 7) is 2.01. The molecule has 0 aliphatic rings. The molecule has 0 aliphatic heterocycles. The molecule has 0 aliphatic carbocycles. The number of hydrogen-bond donors (Lipinski definition) is 0. The third-order valence-corrected chi connectivity index (χ3v) is 6.17. The Hall–Kier alpha value is -2.43. The van der Waals surface area contributed by atoms with Crippen molar-refractivity contribution in [1.29, 1.82) is 0 Å². The lowest BCUT2D eigenvalue weighted by Gasteiger charge is -2.19. The fourth-order valence-electron chi connectivity index (χ4n) is 2.96. The molecule has 1 atom stereocenters. The van der Waals surface area contributed by atoms with Gasteiger partial charge in [-0.1, -0.05) is 53.6 Å². The molecule has 29 heavy (non-hydrogen) atoms. The van der Waals surface area contributed by atoms with Crippen LogP contribution in [0.1, 0.15) is 33.2 Å². The number of benzene rings is 3. The van der Waals surface area contributed by atoms with E-state index in [-0.39, 0.29) is 11.0 Å². The van der Waals surface area contributed by atoms with Crippen molar-refractivity contribution >= 4 is 29.1 Å². The second kappa shape index (κ2) is 9.86. The van der Waals surface area contributed by atoms with Crippen LogP contribution in [-0.4, -0.2) is 20.0 Å². The van der Waals surface area contributed by atoms with Crippen molar-refractivity contribution in [3.05, 3.63) is 88.4 Å². The minimum Gasteiger partial charge on any atom is -0.497 e. The van der Waals surface area contributed by atoms with Gasteiger partial charge in [0.05, 0.1) is 19.1 Å². The van der Waals surface area contributed by atoms with Gasteiger partial charge >= 0.3 is 0 Å². The molecular formula is C24H23ClO3S. The highest BCUT2D eigenvalue weighted by Gasteiger charge is 2.21. The SMILES string of the molecule is COc1ccc(OC)c(SC(CC(=O)c2ccc(C)cc2)c2ccc(Cl)cc2)c1. The lowest BCUT2D eigenvalue weighted by atomic mass is 10.0. The molecule has 0 radical (unpaired) electrons. The zero-order valence-electron chi connectivity index (χ0n) is 16.6. The molecule has 0 N–H and O–H groups in total. The smallest absolute Gasteiger partial charge is 0.164 e. The number of Topliss-reactive ketones (excluding diaryl/α,β-unsaturated/α-hetero) is 1. The van der Waals surface area contributed by atoms with Gasteiger partial charge in [-0.3, -0.25) is 4.79 Å². The predicted molar refractivity (Wildman–Crippen MR) is 120 cm³/mol. The molecule has 0 bridgehead atoms. The minimum absolute atomic E-state index is 0.0953. The lowest BCUT2D eigenvalue weighted by molar-refractivity contribution is 0.0982. The summed E-state index contributed by atoms with van der Waals surface area (Å²) in [5, 5.41) is 0.573. The molecule has 0 saturated carbocycles. The Labute approximate surface area is 181 Å². The average Bonchev–Trinajstić information content (AvgIpc) is 2.74. The Morgan fingerprint density at radius 2 is 1.66 bits per heavy atom. The van der Waals surface area contributed by atoms with E-state index in [0.717, 1.165) is 27.5 Å². The number of thioether (sulfide) groups is 1. The number of aryl methyl sites for hydroxylation is 1. The van der Waals surface area contributed by atoms with E-state index in [1.807, 2.05) is 73.7 Å². The predicted octanol–water partition coefficient (Wildman–Crippen LogP) is 6.77. The first-order chi connectivity index (χ1) is 14.0. The number of ether oxygens (including phenoxy) is 2. The van der Waals surface area contributed by atoms with Gasteiger partial charge in [-0.2, -0.15) is 0 Å². The fourth-order valence-corrected chi connectivity index (χ4v) is 4.37. The van der Waals surface area contributed by atoms with Gasteiger partial charge in [0.2, 0.25) is 0 Å². The van der Waals surface area contributed by atoms with Crippen LogP contribution in [0.3, 0.4) is 0 Å². The first-order valence-corrected chi connectivity index (χ1v) is 10.5. The number of carbonyl (C=O) groups is 1. The van der Waals surface area contributed by atoms with Crippen LogP contribution in [0.4, 0.5) is 0 Å². The highest BCUT2D eigenvalue weighted by molar-refractivity contribution is 7.99. The number of rotatable bonds is 8. The van der Waals surface area contributed by atoms with Gasteiger partial charge < -0.3 is 9.47 Å². The van der Waals surface area contributed by atoms with Gasteiger partial charge in [0, 0.05) is 22.3 Å². The normalized spacial score (nSPS) is 11.7. The average molecular weight is 427 g/mol. The molecule has 3 rings (SSSR count). The largest absolute Gasteiger partial charge is 0.497 e. The molecule has 0 amide bonds. The summed E-state index contributed by atoms with van der Waals surface area (Å²) >= 11 is 7.66. The molecule has 0 saturated heterocycles. The third-order valence-electron chi connectivity index (χ3n) is 4.63. The quantitative estimate of drug-likeness (QED) is 0.294. The van der Waals surface area contributed by atoms with Crippen LogP contribution in [0.15, 0.2) is 71.6 Å². The summed E-state index contributed by atoms with van der Waals surface area (Å²) in [7, 11) is 3.27. The van der Waals surface area contributed by atoms with Crippen LogP contribution in [-0.2, 0) is 0 Å². The Morgan fingerprint density at radius 3 is 2.28 bits per heavy atom. The van der Waals surface area contributed by atoms with Crippen molar-refractivity contribution in [1.82, 2.24) is 0 Å². The summed E-state index contributed by atoms with van der Waals surface area (Å²) in [4.78, 5) is 13.9. The maximum Gasteiger partial charge on any atom is 0.164 e. The molecule has 3 nitrogen and oxygen atoms in total. The van der Waals surface area contributed by atoms with E-state index in [0.29, 0.717) is 17.0 Å². The van der Waals surface area contributed by atoms with Crippen LogP contribution in [0.25, 0.3) is 0 Å². The highest BCUT2D eigenvalue weighted by atomic mass is 35.5. The van der Waals surface area contributed by atoms with Gasteiger partial charge in [-0.15, -0.1) is 11.8 Å². The first-order valence-electron chi connectivity index (χ1n) is 9.24. The van der Waals surface area contributed by atoms with Gasteiger partial charge in [0.1, 0.15) is 11.5 Å². The molecule has 150 valence electrons. The van der Waals surface area contributed by atoms with Crippen LogP contribution in [0, 0.1) is 6.92 Å². The van der Waals surface area contributed by atoms with Crippen LogP contribution in [0.5, 0.6) is 11.5 Å². The van der Waals surface area contributed by atoms with E-state index in [2.05, 4.69) is 0 Å². The van der Waals surface area contributed by atoms with Crippen molar-refractivity contribution < 1.29 is 14.3 Å². The Kier molecular flexibility index (Phi) is 7.24. The van der Waals surface area contributed by atoms with Gasteiger partial charge in [-0.05, 0) is 42.8 Å².